The molecule has 337 valence electrons. The molecule has 0 saturated heterocycles. The van der Waals surface area contributed by atoms with Gasteiger partial charge in [0.15, 0.2) is 5.78 Å². The van der Waals surface area contributed by atoms with E-state index in [4.69, 9.17) is 0 Å². The van der Waals surface area contributed by atoms with E-state index in [-0.39, 0.29) is 58.3 Å². The van der Waals surface area contributed by atoms with Gasteiger partial charge in [0.25, 0.3) is 0 Å². The molecule has 0 fully saturated rings. The summed E-state index contributed by atoms with van der Waals surface area (Å²) in [5.41, 5.74) is 4.57. The van der Waals surface area contributed by atoms with Gasteiger partial charge in [-0.1, -0.05) is 110 Å². The molecule has 8 rings (SSSR count). The Hall–Kier alpha value is -5.92. The van der Waals surface area contributed by atoms with Crippen molar-refractivity contribution in [3.8, 4) is 11.4 Å². The third-order valence-corrected chi connectivity index (χ3v) is 8.15. The van der Waals surface area contributed by atoms with Crippen molar-refractivity contribution in [2.45, 2.75) is 75.2 Å². The van der Waals surface area contributed by atoms with Crippen LogP contribution in [-0.4, -0.2) is 53.2 Å². The van der Waals surface area contributed by atoms with Crippen LogP contribution in [-0.2, 0) is 24.9 Å². The van der Waals surface area contributed by atoms with Crippen LogP contribution in [0.25, 0.3) is 55.0 Å². The Morgan fingerprint density at radius 1 is 0.524 bits per heavy atom. The topological polar surface area (TPSA) is 98.7 Å². The van der Waals surface area contributed by atoms with Gasteiger partial charge in [0.1, 0.15) is 27.8 Å². The molecule has 2 heterocycles. The monoisotopic (exact) mass is 1050 g/mol. The predicted molar refractivity (Wildman–Crippen MR) is 235 cm³/mol. The molecule has 0 spiro atoms. The Morgan fingerprint density at radius 3 is 1.10 bits per heavy atom. The number of ketones is 1. The van der Waals surface area contributed by atoms with Gasteiger partial charge in [0.2, 0.25) is 0 Å². The Balaban J connectivity index is 0.000000294. The van der Waals surface area contributed by atoms with E-state index < -0.39 is 17.8 Å². The van der Waals surface area contributed by atoms with Crippen molar-refractivity contribution in [3.63, 3.8) is 0 Å². The molecule has 8 aromatic rings. The number of aliphatic hydroxyl groups excluding tert-OH is 1. The van der Waals surface area contributed by atoms with Crippen LogP contribution in [0.1, 0.15) is 62.8 Å². The number of allylic oxidation sites excluding steroid dienone is 2. The fourth-order valence-corrected chi connectivity index (χ4v) is 5.10. The van der Waals surface area contributed by atoms with E-state index in [0.717, 1.165) is 55.0 Å². The molecule has 8 nitrogen and oxygen atoms in total. The van der Waals surface area contributed by atoms with Crippen LogP contribution in [0, 0.1) is 23.0 Å². The van der Waals surface area contributed by atoms with Gasteiger partial charge in [-0.15, -0.1) is 33.7 Å². The fourth-order valence-electron chi connectivity index (χ4n) is 5.10. The van der Waals surface area contributed by atoms with Crippen molar-refractivity contribution in [1.29, 1.82) is 0 Å². The normalized spacial score (nSPS) is 11.6. The first-order valence-electron chi connectivity index (χ1n) is 18.9. The van der Waals surface area contributed by atoms with E-state index in [0.29, 0.717) is 0 Å². The molecule has 63 heavy (non-hydrogen) atoms. The molecule has 6 aromatic carbocycles. The van der Waals surface area contributed by atoms with Crippen molar-refractivity contribution in [2.24, 2.45) is 10.8 Å². The maximum absolute atomic E-state index is 11.5. The number of aliphatic hydroxyl groups is 1. The molecule has 2 aromatic heterocycles. The summed E-state index contributed by atoms with van der Waals surface area (Å²) in [7, 11) is 0. The van der Waals surface area contributed by atoms with E-state index in [2.05, 4.69) is 56.8 Å². The summed E-state index contributed by atoms with van der Waals surface area (Å²) in [6.07, 6.45) is -6.67. The average molecular weight is 1050 g/mol. The molecule has 1 N–H and O–H groups in total. The minimum atomic E-state index is -4.00. The molecule has 0 aliphatic heterocycles. The molecule has 0 bridgehead atoms. The second-order valence-electron chi connectivity index (χ2n) is 15.7. The van der Waals surface area contributed by atoms with Gasteiger partial charge >= 0.3 is 12.4 Å². The SMILES string of the molecule is C.CC(C)(C)C(=O)C=C(O)C(C)(C)C.CC(F)(F)F.CC(F)(F)F.[Ir].[c-]1ccc2ccccc2c1-n1nc2ccccc2n1.[c-]1ccc2ccccc2c1-n1nc2ccccc2n1. The number of fused-ring (bicyclic) bond motifs is 4. The Morgan fingerprint density at radius 2 is 0.810 bits per heavy atom. The van der Waals surface area contributed by atoms with Crippen molar-refractivity contribution < 1.29 is 56.3 Å². The first-order valence-corrected chi connectivity index (χ1v) is 18.9. The number of aromatic nitrogens is 6. The number of nitrogens with zero attached hydrogens (tertiary/aromatic N) is 6. The van der Waals surface area contributed by atoms with E-state index >= 15 is 0 Å². The molecular formula is C48H50F6IrN6O2-2. The molecule has 0 aliphatic carbocycles. The summed E-state index contributed by atoms with van der Waals surface area (Å²) in [5, 5.41) is 32.1. The number of halogens is 6. The summed E-state index contributed by atoms with van der Waals surface area (Å²) in [4.78, 5) is 14.8. The summed E-state index contributed by atoms with van der Waals surface area (Å²) >= 11 is 0. The number of hydrogen-bond donors (Lipinski definition) is 1. The summed E-state index contributed by atoms with van der Waals surface area (Å²) in [5.74, 6) is 0.104. The standard InChI is InChI=1S/2C16H10N3.C11H20O2.2C2H3F3.CH4.Ir/c2*1-2-8-13-12(6-1)7-5-11-16(13)19-17-14-9-3-4-10-15(14)18-19;1-10(2,3)8(12)7-9(13)11(4,5)6;2*1-2(3,4)5;;/h2*1-10H;7,12H,1-6H3;2*1H3;1H4;/q2*-1;;;;;. The zero-order chi connectivity index (χ0) is 45.2. The maximum atomic E-state index is 11.5. The number of benzene rings is 6. The largest absolute Gasteiger partial charge is 0.512 e. The minimum absolute atomic E-state index is 0. The van der Waals surface area contributed by atoms with Crippen molar-refractivity contribution in [1.82, 2.24) is 30.0 Å². The van der Waals surface area contributed by atoms with Gasteiger partial charge in [0, 0.05) is 50.9 Å². The summed E-state index contributed by atoms with van der Waals surface area (Å²) in [6, 6.07) is 46.4. The maximum Gasteiger partial charge on any atom is 0.386 e. The van der Waals surface area contributed by atoms with Gasteiger partial charge in [-0.05, 0) is 35.6 Å². The summed E-state index contributed by atoms with van der Waals surface area (Å²) in [6.45, 7) is 11.5. The molecule has 0 atom stereocenters. The van der Waals surface area contributed by atoms with E-state index in [9.17, 15) is 36.2 Å². The molecule has 1 radical (unpaired) electrons. The average Bonchev–Trinajstić information content (AvgIpc) is 3.81. The van der Waals surface area contributed by atoms with Crippen LogP contribution in [0.3, 0.4) is 0 Å². The number of carbonyl (C=O) groups is 1. The van der Waals surface area contributed by atoms with Crippen molar-refractivity contribution in [2.75, 3.05) is 0 Å². The number of hydrogen-bond acceptors (Lipinski definition) is 6. The number of rotatable bonds is 3. The smallest absolute Gasteiger partial charge is 0.386 e. The van der Waals surface area contributed by atoms with Crippen LogP contribution < -0.4 is 0 Å². The number of alkyl halides is 6. The minimum Gasteiger partial charge on any atom is -0.512 e. The van der Waals surface area contributed by atoms with E-state index in [1.165, 1.54) is 6.08 Å². The Bertz CT molecular complexity index is 2480. The van der Waals surface area contributed by atoms with Gasteiger partial charge in [-0.2, -0.15) is 92.7 Å². The van der Waals surface area contributed by atoms with Gasteiger partial charge in [-0.25, -0.2) is 0 Å². The van der Waals surface area contributed by atoms with Crippen LogP contribution in [0.5, 0.6) is 0 Å². The second kappa shape index (κ2) is 22.4. The van der Waals surface area contributed by atoms with Crippen molar-refractivity contribution in [3.05, 3.63) is 145 Å². The zero-order valence-electron chi connectivity index (χ0n) is 35.3. The number of carbonyl (C=O) groups excluding carboxylic acids is 1. The second-order valence-corrected chi connectivity index (χ2v) is 15.7. The quantitative estimate of drug-likeness (QED) is 0.0819. The Labute approximate surface area is 377 Å². The van der Waals surface area contributed by atoms with Gasteiger partial charge < -0.3 is 5.11 Å². The van der Waals surface area contributed by atoms with Gasteiger partial charge in [-0.3, -0.25) is 4.79 Å². The first-order chi connectivity index (χ1) is 28.4. The van der Waals surface area contributed by atoms with E-state index in [1.807, 2.05) is 139 Å². The predicted octanol–water partition coefficient (Wildman–Crippen LogP) is 13.6. The third-order valence-electron chi connectivity index (χ3n) is 8.15. The van der Waals surface area contributed by atoms with Gasteiger partial charge in [0.05, 0.1) is 0 Å². The summed E-state index contributed by atoms with van der Waals surface area (Å²) < 4.78 is 62.1. The van der Waals surface area contributed by atoms with Crippen LogP contribution in [0.4, 0.5) is 26.3 Å². The molecule has 15 heteroatoms. The molecule has 0 aliphatic rings. The van der Waals surface area contributed by atoms with Crippen molar-refractivity contribution >= 4 is 49.4 Å². The fraction of sp³-hybridized carbons (Fsp3) is 0.271. The first kappa shape index (κ1) is 53.2. The van der Waals surface area contributed by atoms with E-state index in [1.54, 1.807) is 9.59 Å². The molecule has 0 saturated carbocycles. The third kappa shape index (κ3) is 17.0. The van der Waals surface area contributed by atoms with Crippen LogP contribution in [0.2, 0.25) is 0 Å². The zero-order valence-corrected chi connectivity index (χ0v) is 37.7. The molecular weight excluding hydrogens is 999 g/mol. The van der Waals surface area contributed by atoms with Crippen LogP contribution >= 0.6 is 0 Å². The molecule has 0 unspecified atom stereocenters. The molecule has 0 amide bonds. The Kier molecular flexibility index (Phi) is 19.0. The van der Waals surface area contributed by atoms with Crippen LogP contribution in [0.15, 0.2) is 133 Å².